The summed E-state index contributed by atoms with van der Waals surface area (Å²) in [7, 11) is -1.70. The van der Waals surface area contributed by atoms with Gasteiger partial charge < -0.3 is 10.2 Å². The molecule has 2 rings (SSSR count). The third kappa shape index (κ3) is 5.27. The maximum absolute atomic E-state index is 12.2. The predicted molar refractivity (Wildman–Crippen MR) is 93.3 cm³/mol. The molecule has 1 fully saturated rings. The normalized spacial score (nSPS) is 16.3. The Morgan fingerprint density at radius 3 is 2.33 bits per heavy atom. The van der Waals surface area contributed by atoms with Gasteiger partial charge in [-0.1, -0.05) is 17.7 Å². The van der Waals surface area contributed by atoms with E-state index in [-0.39, 0.29) is 10.8 Å². The van der Waals surface area contributed by atoms with E-state index in [1.807, 2.05) is 11.8 Å². The van der Waals surface area contributed by atoms with Crippen LogP contribution in [0.15, 0.2) is 29.2 Å². The van der Waals surface area contributed by atoms with Gasteiger partial charge in [0.25, 0.3) is 0 Å². The zero-order valence-corrected chi connectivity index (χ0v) is 15.1. The molecule has 1 aromatic rings. The van der Waals surface area contributed by atoms with E-state index in [0.717, 1.165) is 18.7 Å². The van der Waals surface area contributed by atoms with Crippen LogP contribution in [0.3, 0.4) is 0 Å². The monoisotopic (exact) mass is 354 g/mol. The number of sulfonamides is 1. The Hall–Kier alpha value is -1.48. The fourth-order valence-corrected chi connectivity index (χ4v) is 3.64. The molecule has 134 valence electrons. The van der Waals surface area contributed by atoms with Crippen LogP contribution in [0, 0.1) is 6.92 Å². The molecule has 0 aliphatic carbocycles. The van der Waals surface area contributed by atoms with Crippen molar-refractivity contribution in [3.8, 4) is 0 Å². The van der Waals surface area contributed by atoms with E-state index in [1.54, 1.807) is 31.3 Å². The second-order valence-electron chi connectivity index (χ2n) is 5.96. The van der Waals surface area contributed by atoms with Gasteiger partial charge in [0.2, 0.25) is 15.9 Å². The number of benzene rings is 1. The van der Waals surface area contributed by atoms with E-state index in [9.17, 15) is 13.2 Å². The van der Waals surface area contributed by atoms with E-state index in [0.29, 0.717) is 32.7 Å². The molecule has 24 heavy (non-hydrogen) atoms. The van der Waals surface area contributed by atoms with Crippen LogP contribution >= 0.6 is 0 Å². The molecule has 0 radical (unpaired) electrons. The molecule has 0 saturated carbocycles. The third-order valence-corrected chi connectivity index (χ3v) is 5.58. The molecule has 0 bridgehead atoms. The van der Waals surface area contributed by atoms with Crippen LogP contribution in [-0.2, 0) is 14.8 Å². The molecule has 0 aromatic heterocycles. The Morgan fingerprint density at radius 2 is 1.75 bits per heavy atom. The number of carbonyl (C=O) groups is 1. The summed E-state index contributed by atoms with van der Waals surface area (Å²) in [4.78, 5) is 16.1. The molecule has 0 atom stereocenters. The first kappa shape index (κ1) is 18.9. The van der Waals surface area contributed by atoms with Crippen molar-refractivity contribution in [2.75, 3.05) is 52.9 Å². The van der Waals surface area contributed by atoms with E-state index < -0.39 is 10.0 Å². The van der Waals surface area contributed by atoms with Gasteiger partial charge in [-0.25, -0.2) is 13.1 Å². The highest BCUT2D eigenvalue weighted by Gasteiger charge is 2.21. The van der Waals surface area contributed by atoms with Crippen molar-refractivity contribution in [2.24, 2.45) is 0 Å². The average molecular weight is 354 g/mol. The van der Waals surface area contributed by atoms with Crippen LogP contribution in [0.4, 0.5) is 0 Å². The lowest BCUT2D eigenvalue weighted by Gasteiger charge is -2.34. The smallest absolute Gasteiger partial charge is 0.240 e. The maximum atomic E-state index is 12.2. The standard InChI is InChI=1S/C16H26N4O3S/c1-14-3-5-15(6-4-14)24(22,23)18-7-8-19-9-11-20(12-10-19)16(21)13-17-2/h3-6,17-18H,7-13H2,1-2H3. The molecule has 1 aliphatic heterocycles. The second kappa shape index (κ2) is 8.57. The Labute approximate surface area is 144 Å². The van der Waals surface area contributed by atoms with Crippen molar-refractivity contribution < 1.29 is 13.2 Å². The Kier molecular flexibility index (Phi) is 6.73. The van der Waals surface area contributed by atoms with Crippen LogP contribution in [-0.4, -0.2) is 77.0 Å². The van der Waals surface area contributed by atoms with Gasteiger partial charge in [-0.2, -0.15) is 0 Å². The highest BCUT2D eigenvalue weighted by molar-refractivity contribution is 7.89. The molecule has 1 heterocycles. The molecule has 0 spiro atoms. The van der Waals surface area contributed by atoms with Crippen molar-refractivity contribution in [1.82, 2.24) is 19.8 Å². The topological polar surface area (TPSA) is 81.8 Å². The molecule has 2 N–H and O–H groups in total. The summed E-state index contributed by atoms with van der Waals surface area (Å²) in [5.41, 5.74) is 1.03. The SMILES string of the molecule is CNCC(=O)N1CCN(CCNS(=O)(=O)c2ccc(C)cc2)CC1. The average Bonchev–Trinajstić information content (AvgIpc) is 2.56. The predicted octanol–water partition coefficient (Wildman–Crippen LogP) is -0.363. The van der Waals surface area contributed by atoms with E-state index >= 15 is 0 Å². The lowest BCUT2D eigenvalue weighted by atomic mass is 10.2. The Bertz CT molecular complexity index is 638. The number of amides is 1. The van der Waals surface area contributed by atoms with Crippen molar-refractivity contribution >= 4 is 15.9 Å². The van der Waals surface area contributed by atoms with Gasteiger partial charge in [0.1, 0.15) is 0 Å². The van der Waals surface area contributed by atoms with Crippen molar-refractivity contribution in [3.05, 3.63) is 29.8 Å². The van der Waals surface area contributed by atoms with Crippen molar-refractivity contribution in [2.45, 2.75) is 11.8 Å². The number of rotatable bonds is 7. The summed E-state index contributed by atoms with van der Waals surface area (Å²) in [6.45, 7) is 6.18. The Morgan fingerprint density at radius 1 is 1.12 bits per heavy atom. The number of hydrogen-bond acceptors (Lipinski definition) is 5. The van der Waals surface area contributed by atoms with Gasteiger partial charge in [-0.15, -0.1) is 0 Å². The van der Waals surface area contributed by atoms with Gasteiger partial charge in [-0.3, -0.25) is 9.69 Å². The fraction of sp³-hybridized carbons (Fsp3) is 0.562. The highest BCUT2D eigenvalue weighted by atomic mass is 32.2. The fourth-order valence-electron chi connectivity index (χ4n) is 2.62. The summed E-state index contributed by atoms with van der Waals surface area (Å²) in [6, 6.07) is 6.81. The van der Waals surface area contributed by atoms with E-state index in [2.05, 4.69) is 14.9 Å². The largest absolute Gasteiger partial charge is 0.339 e. The Balaban J connectivity index is 1.75. The van der Waals surface area contributed by atoms with Gasteiger partial charge >= 0.3 is 0 Å². The molecule has 0 unspecified atom stereocenters. The van der Waals surface area contributed by atoms with E-state index in [1.165, 1.54) is 0 Å². The minimum atomic E-state index is -3.46. The zero-order chi connectivity index (χ0) is 17.6. The number of carbonyl (C=O) groups excluding carboxylic acids is 1. The molecular formula is C16H26N4O3S. The van der Waals surface area contributed by atoms with E-state index in [4.69, 9.17) is 0 Å². The van der Waals surface area contributed by atoms with Crippen LogP contribution < -0.4 is 10.0 Å². The molecule has 1 aromatic carbocycles. The van der Waals surface area contributed by atoms with Crippen LogP contribution in [0.1, 0.15) is 5.56 Å². The minimum absolute atomic E-state index is 0.109. The summed E-state index contributed by atoms with van der Waals surface area (Å²) < 4.78 is 27.1. The maximum Gasteiger partial charge on any atom is 0.240 e. The van der Waals surface area contributed by atoms with Crippen LogP contribution in [0.5, 0.6) is 0 Å². The van der Waals surface area contributed by atoms with Crippen molar-refractivity contribution in [3.63, 3.8) is 0 Å². The summed E-state index contributed by atoms with van der Waals surface area (Å²) >= 11 is 0. The lowest BCUT2D eigenvalue weighted by Crippen LogP contribution is -2.51. The van der Waals surface area contributed by atoms with Gasteiger partial charge in [-0.05, 0) is 26.1 Å². The number of nitrogens with zero attached hydrogens (tertiary/aromatic N) is 2. The van der Waals surface area contributed by atoms with Crippen LogP contribution in [0.2, 0.25) is 0 Å². The highest BCUT2D eigenvalue weighted by Crippen LogP contribution is 2.09. The summed E-state index contributed by atoms with van der Waals surface area (Å²) in [5.74, 6) is 0.109. The third-order valence-electron chi connectivity index (χ3n) is 4.10. The molecule has 8 heteroatoms. The number of aryl methyl sites for hydroxylation is 1. The lowest BCUT2D eigenvalue weighted by molar-refractivity contribution is -0.131. The van der Waals surface area contributed by atoms with Crippen LogP contribution in [0.25, 0.3) is 0 Å². The summed E-state index contributed by atoms with van der Waals surface area (Å²) in [6.07, 6.45) is 0. The first-order valence-electron chi connectivity index (χ1n) is 8.13. The second-order valence-corrected chi connectivity index (χ2v) is 7.73. The first-order chi connectivity index (χ1) is 11.4. The minimum Gasteiger partial charge on any atom is -0.339 e. The number of nitrogens with one attached hydrogen (secondary N) is 2. The molecule has 7 nitrogen and oxygen atoms in total. The number of likely N-dealkylation sites (N-methyl/N-ethyl adjacent to an activating group) is 1. The number of piperazine rings is 1. The van der Waals surface area contributed by atoms with Gasteiger partial charge in [0.15, 0.2) is 0 Å². The first-order valence-corrected chi connectivity index (χ1v) is 9.62. The zero-order valence-electron chi connectivity index (χ0n) is 14.3. The molecule has 1 amide bonds. The summed E-state index contributed by atoms with van der Waals surface area (Å²) in [5, 5.41) is 2.86. The number of hydrogen-bond donors (Lipinski definition) is 2. The molecule has 1 saturated heterocycles. The van der Waals surface area contributed by atoms with Gasteiger partial charge in [0.05, 0.1) is 11.4 Å². The quantitative estimate of drug-likeness (QED) is 0.699. The molecular weight excluding hydrogens is 328 g/mol. The van der Waals surface area contributed by atoms with Crippen molar-refractivity contribution in [1.29, 1.82) is 0 Å². The van der Waals surface area contributed by atoms with Gasteiger partial charge in [0, 0.05) is 39.3 Å². The molecule has 1 aliphatic rings.